The topological polar surface area (TPSA) is 12.0 Å². The molecule has 0 aromatic rings. The van der Waals surface area contributed by atoms with Crippen LogP contribution in [0.5, 0.6) is 0 Å². The summed E-state index contributed by atoms with van der Waals surface area (Å²) in [5.41, 5.74) is 0. The van der Waals surface area contributed by atoms with Gasteiger partial charge in [0.05, 0.1) is 12.6 Å². The van der Waals surface area contributed by atoms with Crippen molar-refractivity contribution in [3.63, 3.8) is 0 Å². The minimum absolute atomic E-state index is 0.937. The van der Waals surface area contributed by atoms with Gasteiger partial charge in [0.2, 0.25) is 0 Å². The van der Waals surface area contributed by atoms with Crippen LogP contribution in [0, 0.1) is 0 Å². The van der Waals surface area contributed by atoms with Gasteiger partial charge in [-0.15, -0.1) is 0 Å². The van der Waals surface area contributed by atoms with E-state index in [1.165, 1.54) is 0 Å². The second-order valence-corrected chi connectivity index (χ2v) is 2.57. The number of nitrogens with one attached hydrogen (secondary N) is 1. The Hall–Kier alpha value is -0.460. The summed E-state index contributed by atoms with van der Waals surface area (Å²) in [6.45, 7) is -0.512. The number of hydrogen-bond acceptors (Lipinski definition) is 1. The highest BCUT2D eigenvalue weighted by Crippen LogP contribution is 2.21. The van der Waals surface area contributed by atoms with E-state index >= 15 is 0 Å². The first-order chi connectivity index (χ1) is 5.77. The van der Waals surface area contributed by atoms with Gasteiger partial charge in [0.15, 0.2) is 0 Å². The molecule has 0 spiro atoms. The van der Waals surface area contributed by atoms with Gasteiger partial charge in [-0.25, -0.2) is 17.6 Å². The Labute approximate surface area is 71.1 Å². The lowest BCUT2D eigenvalue weighted by atomic mass is 10.3. The van der Waals surface area contributed by atoms with Crippen molar-refractivity contribution in [1.29, 1.82) is 0 Å². The summed E-state index contributed by atoms with van der Waals surface area (Å²) in [4.78, 5) is 0. The molecule has 1 nitrogen and oxygen atoms in total. The smallest absolute Gasteiger partial charge is 0.303 e. The molecule has 0 aliphatic heterocycles. The van der Waals surface area contributed by atoms with Gasteiger partial charge in [-0.3, -0.25) is 0 Å². The fourth-order valence-corrected chi connectivity index (χ4v) is 0.463. The second-order valence-electron chi connectivity index (χ2n) is 2.57. The lowest BCUT2D eigenvalue weighted by Crippen LogP contribution is -2.44. The molecule has 7 heteroatoms. The predicted molar refractivity (Wildman–Crippen MR) is 34.4 cm³/mol. The molecule has 0 radical (unpaired) electrons. The molecule has 13 heavy (non-hydrogen) atoms. The zero-order valence-electron chi connectivity index (χ0n) is 6.71. The molecule has 0 heterocycles. The molecule has 80 valence electrons. The number of alkyl halides is 6. The Morgan fingerprint density at radius 3 is 1.92 bits per heavy atom. The van der Waals surface area contributed by atoms with E-state index in [9.17, 15) is 26.3 Å². The van der Waals surface area contributed by atoms with Crippen molar-refractivity contribution in [2.75, 3.05) is 6.54 Å². The molecule has 0 saturated carbocycles. The first-order valence-electron chi connectivity index (χ1n) is 3.45. The Kier molecular flexibility index (Phi) is 4.52. The number of halogens is 6. The Morgan fingerprint density at radius 2 is 1.62 bits per heavy atom. The van der Waals surface area contributed by atoms with Gasteiger partial charge < -0.3 is 5.32 Å². The molecule has 0 bridgehead atoms. The zero-order chi connectivity index (χ0) is 10.6. The van der Waals surface area contributed by atoms with E-state index < -0.39 is 31.4 Å². The van der Waals surface area contributed by atoms with Crippen LogP contribution in [0.15, 0.2) is 0 Å². The van der Waals surface area contributed by atoms with Gasteiger partial charge >= 0.3 is 12.3 Å². The van der Waals surface area contributed by atoms with Crippen LogP contribution in [0.4, 0.5) is 26.3 Å². The fraction of sp³-hybridized carbons (Fsp3) is 1.00. The second kappa shape index (κ2) is 4.69. The largest absolute Gasteiger partial charge is 0.319 e. The van der Waals surface area contributed by atoms with Crippen LogP contribution in [0.3, 0.4) is 0 Å². The van der Waals surface area contributed by atoms with E-state index in [4.69, 9.17) is 0 Å². The monoisotopic (exact) mass is 209 g/mol. The summed E-state index contributed by atoms with van der Waals surface area (Å²) >= 11 is 0. The average molecular weight is 209 g/mol. The first kappa shape index (κ1) is 12.5. The zero-order valence-corrected chi connectivity index (χ0v) is 6.71. The molecule has 0 aliphatic carbocycles. The van der Waals surface area contributed by atoms with Crippen LogP contribution in [0.2, 0.25) is 0 Å². The van der Waals surface area contributed by atoms with E-state index in [0.717, 1.165) is 6.92 Å². The molecule has 1 unspecified atom stereocenters. The third-order valence-corrected chi connectivity index (χ3v) is 1.36. The molecular weight excluding hydrogens is 200 g/mol. The van der Waals surface area contributed by atoms with Gasteiger partial charge in [-0.05, 0) is 6.92 Å². The van der Waals surface area contributed by atoms with Crippen LogP contribution in [0.25, 0.3) is 0 Å². The lowest BCUT2D eigenvalue weighted by Gasteiger charge is -2.19. The van der Waals surface area contributed by atoms with Crippen LogP contribution < -0.4 is 5.32 Å². The fourth-order valence-electron chi connectivity index (χ4n) is 0.463. The Balaban J connectivity index is 3.88. The molecule has 0 amide bonds. The molecule has 0 aromatic heterocycles. The summed E-state index contributed by atoms with van der Waals surface area (Å²) in [5.74, 6) is -4.26. The maximum Gasteiger partial charge on any atom is 0.319 e. The van der Waals surface area contributed by atoms with E-state index in [-0.39, 0.29) is 0 Å². The third kappa shape index (κ3) is 4.35. The third-order valence-electron chi connectivity index (χ3n) is 1.36. The molecule has 1 atom stereocenters. The van der Waals surface area contributed by atoms with Crippen LogP contribution in [0.1, 0.15) is 6.92 Å². The maximum absolute atomic E-state index is 12.1. The minimum atomic E-state index is -4.26. The summed E-state index contributed by atoms with van der Waals surface area (Å²) in [7, 11) is 0. The van der Waals surface area contributed by atoms with E-state index in [2.05, 4.69) is 0 Å². The standard InChI is InChI=1S/C6H9F6N/c1-3(4(7)8)13-2-6(11,12)5(9)10/h3-5,13H,2H2,1H3. The predicted octanol–water partition coefficient (Wildman–Crippen LogP) is 2.13. The molecule has 0 rings (SSSR count). The van der Waals surface area contributed by atoms with E-state index in [0.29, 0.717) is 0 Å². The van der Waals surface area contributed by atoms with Crippen molar-refractivity contribution in [2.45, 2.75) is 31.7 Å². The van der Waals surface area contributed by atoms with Crippen molar-refractivity contribution in [1.82, 2.24) is 5.32 Å². The Bertz CT molecular complexity index is 148. The first-order valence-corrected chi connectivity index (χ1v) is 3.45. The molecule has 0 saturated heterocycles. The molecular formula is C6H9F6N. The summed E-state index contributed by atoms with van der Waals surface area (Å²) in [6.07, 6.45) is -6.70. The van der Waals surface area contributed by atoms with Crippen LogP contribution in [-0.4, -0.2) is 31.4 Å². The van der Waals surface area contributed by atoms with Gasteiger partial charge in [0.1, 0.15) is 0 Å². The van der Waals surface area contributed by atoms with Crippen LogP contribution >= 0.6 is 0 Å². The van der Waals surface area contributed by atoms with Gasteiger partial charge in [0.25, 0.3) is 6.43 Å². The normalized spacial score (nSPS) is 15.5. The van der Waals surface area contributed by atoms with E-state index in [1.54, 1.807) is 5.32 Å². The van der Waals surface area contributed by atoms with Crippen molar-refractivity contribution in [3.8, 4) is 0 Å². The van der Waals surface area contributed by atoms with Crippen molar-refractivity contribution in [3.05, 3.63) is 0 Å². The van der Waals surface area contributed by atoms with Crippen molar-refractivity contribution >= 4 is 0 Å². The SMILES string of the molecule is CC(NCC(F)(F)C(F)F)C(F)F. The maximum atomic E-state index is 12.1. The lowest BCUT2D eigenvalue weighted by molar-refractivity contribution is -0.127. The highest BCUT2D eigenvalue weighted by molar-refractivity contribution is 4.75. The molecule has 1 N–H and O–H groups in total. The highest BCUT2D eigenvalue weighted by Gasteiger charge is 2.40. The quantitative estimate of drug-likeness (QED) is 0.684. The van der Waals surface area contributed by atoms with Crippen LogP contribution in [-0.2, 0) is 0 Å². The number of hydrogen-bond donors (Lipinski definition) is 1. The van der Waals surface area contributed by atoms with E-state index in [1.807, 2.05) is 0 Å². The Morgan fingerprint density at radius 1 is 1.15 bits per heavy atom. The average Bonchev–Trinajstić information content (AvgIpc) is 1.99. The highest BCUT2D eigenvalue weighted by atomic mass is 19.3. The minimum Gasteiger partial charge on any atom is -0.303 e. The summed E-state index contributed by atoms with van der Waals surface area (Å²) < 4.78 is 70.6. The van der Waals surface area contributed by atoms with Gasteiger partial charge in [0, 0.05) is 0 Å². The molecule has 0 fully saturated rings. The summed E-state index contributed by atoms with van der Waals surface area (Å²) in [5, 5.41) is 1.62. The summed E-state index contributed by atoms with van der Waals surface area (Å²) in [6, 6.07) is -1.52. The van der Waals surface area contributed by atoms with Gasteiger partial charge in [-0.1, -0.05) is 0 Å². The molecule has 0 aromatic carbocycles. The van der Waals surface area contributed by atoms with Crippen molar-refractivity contribution < 1.29 is 26.3 Å². The van der Waals surface area contributed by atoms with Gasteiger partial charge in [-0.2, -0.15) is 8.78 Å². The molecule has 0 aliphatic rings. The number of rotatable bonds is 5. The van der Waals surface area contributed by atoms with Crippen molar-refractivity contribution in [2.24, 2.45) is 0 Å².